The van der Waals surface area contributed by atoms with Crippen LogP contribution < -0.4 is 5.32 Å². The lowest BCUT2D eigenvalue weighted by atomic mass is 10.1. The molecule has 26 heavy (non-hydrogen) atoms. The second-order valence-electron chi connectivity index (χ2n) is 5.46. The number of carbonyl (C=O) groups is 3. The van der Waals surface area contributed by atoms with E-state index in [1.807, 2.05) is 6.92 Å². The molecule has 1 aromatic carbocycles. The normalized spacial score (nSPS) is 10.3. The number of aliphatic hydroxyl groups is 1. The van der Waals surface area contributed by atoms with E-state index >= 15 is 0 Å². The average Bonchev–Trinajstić information content (AvgIpc) is 2.92. The van der Waals surface area contributed by atoms with Gasteiger partial charge >= 0.3 is 11.9 Å². The van der Waals surface area contributed by atoms with Crippen molar-refractivity contribution in [2.24, 2.45) is 0 Å². The Kier molecular flexibility index (Phi) is 6.48. The van der Waals surface area contributed by atoms with Gasteiger partial charge in [-0.25, -0.2) is 9.59 Å². The zero-order valence-corrected chi connectivity index (χ0v) is 15.4. The van der Waals surface area contributed by atoms with E-state index in [1.165, 1.54) is 30.6 Å². The number of hydrogen-bond acceptors (Lipinski definition) is 7. The number of aliphatic hydroxyl groups excluding tert-OH is 1. The Balaban J connectivity index is 1.99. The van der Waals surface area contributed by atoms with Gasteiger partial charge in [0.2, 0.25) is 0 Å². The highest BCUT2D eigenvalue weighted by molar-refractivity contribution is 7.16. The first-order valence-corrected chi connectivity index (χ1v) is 8.54. The van der Waals surface area contributed by atoms with Gasteiger partial charge in [0.05, 0.1) is 24.8 Å². The minimum atomic E-state index is -0.656. The lowest BCUT2D eigenvalue weighted by Crippen LogP contribution is -2.21. The molecule has 0 saturated carbocycles. The van der Waals surface area contributed by atoms with Crippen LogP contribution in [0.1, 0.15) is 36.7 Å². The van der Waals surface area contributed by atoms with Gasteiger partial charge in [0.15, 0.2) is 6.61 Å². The molecule has 0 spiro atoms. The lowest BCUT2D eigenvalue weighted by molar-refractivity contribution is -0.119. The number of thiophene rings is 1. The maximum Gasteiger partial charge on any atom is 0.341 e. The maximum absolute atomic E-state index is 12.1. The first-order valence-electron chi connectivity index (χ1n) is 7.72. The molecule has 0 aliphatic rings. The second-order valence-corrected chi connectivity index (χ2v) is 6.68. The molecule has 2 aromatic rings. The van der Waals surface area contributed by atoms with Crippen LogP contribution in [0.25, 0.3) is 0 Å². The van der Waals surface area contributed by atoms with Crippen molar-refractivity contribution in [1.82, 2.24) is 0 Å². The third-order valence-electron chi connectivity index (χ3n) is 3.73. The molecule has 0 unspecified atom stereocenters. The van der Waals surface area contributed by atoms with E-state index in [9.17, 15) is 14.4 Å². The summed E-state index contributed by atoms with van der Waals surface area (Å²) in [7, 11) is 1.27. The van der Waals surface area contributed by atoms with Crippen molar-refractivity contribution in [3.05, 3.63) is 51.4 Å². The number of rotatable bonds is 6. The monoisotopic (exact) mass is 377 g/mol. The number of ether oxygens (including phenoxy) is 2. The zero-order valence-electron chi connectivity index (χ0n) is 14.6. The van der Waals surface area contributed by atoms with Crippen LogP contribution in [0.15, 0.2) is 24.3 Å². The van der Waals surface area contributed by atoms with Crippen LogP contribution in [0.2, 0.25) is 0 Å². The van der Waals surface area contributed by atoms with Crippen LogP contribution in [0, 0.1) is 13.8 Å². The molecule has 0 bridgehead atoms. The first kappa shape index (κ1) is 19.6. The van der Waals surface area contributed by atoms with Crippen molar-refractivity contribution in [2.45, 2.75) is 20.5 Å². The van der Waals surface area contributed by atoms with E-state index in [2.05, 4.69) is 5.32 Å². The molecule has 0 atom stereocenters. The molecule has 138 valence electrons. The largest absolute Gasteiger partial charge is 0.465 e. The van der Waals surface area contributed by atoms with Crippen LogP contribution in [0.4, 0.5) is 5.00 Å². The molecule has 0 aliphatic carbocycles. The van der Waals surface area contributed by atoms with Crippen LogP contribution in [-0.4, -0.2) is 36.7 Å². The summed E-state index contributed by atoms with van der Waals surface area (Å²) in [6.45, 7) is 2.99. The highest BCUT2D eigenvalue weighted by Crippen LogP contribution is 2.32. The van der Waals surface area contributed by atoms with Gasteiger partial charge in [0, 0.05) is 4.88 Å². The van der Waals surface area contributed by atoms with E-state index < -0.39 is 24.5 Å². The van der Waals surface area contributed by atoms with Gasteiger partial charge in [-0.1, -0.05) is 12.1 Å². The fourth-order valence-electron chi connectivity index (χ4n) is 2.19. The molecule has 1 amide bonds. The predicted octanol–water partition coefficient (Wildman–Crippen LogP) is 2.44. The highest BCUT2D eigenvalue weighted by Gasteiger charge is 2.22. The Labute approximate surface area is 154 Å². The van der Waals surface area contributed by atoms with Gasteiger partial charge in [0.1, 0.15) is 5.00 Å². The quantitative estimate of drug-likeness (QED) is 0.750. The van der Waals surface area contributed by atoms with Crippen molar-refractivity contribution < 1.29 is 29.0 Å². The summed E-state index contributed by atoms with van der Waals surface area (Å²) in [6.07, 6.45) is 0. The van der Waals surface area contributed by atoms with Crippen LogP contribution in [0.5, 0.6) is 0 Å². The Morgan fingerprint density at radius 1 is 1.12 bits per heavy atom. The summed E-state index contributed by atoms with van der Waals surface area (Å²) in [6, 6.07) is 6.20. The average molecular weight is 377 g/mol. The number of aryl methyl sites for hydroxylation is 1. The van der Waals surface area contributed by atoms with Crippen molar-refractivity contribution >= 4 is 34.2 Å². The molecule has 1 heterocycles. The number of hydrogen-bond donors (Lipinski definition) is 2. The van der Waals surface area contributed by atoms with Gasteiger partial charge in [-0.05, 0) is 37.1 Å². The number of esters is 2. The van der Waals surface area contributed by atoms with Crippen molar-refractivity contribution in [1.29, 1.82) is 0 Å². The predicted molar refractivity (Wildman–Crippen MR) is 96.4 cm³/mol. The third kappa shape index (κ3) is 4.47. The topological polar surface area (TPSA) is 102 Å². The summed E-state index contributed by atoms with van der Waals surface area (Å²) in [5, 5.41) is 11.9. The van der Waals surface area contributed by atoms with Gasteiger partial charge in [-0.2, -0.15) is 0 Å². The summed E-state index contributed by atoms with van der Waals surface area (Å²) in [5.74, 6) is -1.75. The smallest absolute Gasteiger partial charge is 0.341 e. The molecule has 1 aromatic heterocycles. The van der Waals surface area contributed by atoms with Gasteiger partial charge in [0.25, 0.3) is 5.91 Å². The molecule has 2 N–H and O–H groups in total. The van der Waals surface area contributed by atoms with Crippen LogP contribution in [-0.2, 0) is 20.9 Å². The van der Waals surface area contributed by atoms with Crippen molar-refractivity contribution in [2.75, 3.05) is 19.0 Å². The maximum atomic E-state index is 12.1. The molecule has 0 saturated heterocycles. The van der Waals surface area contributed by atoms with E-state index in [-0.39, 0.29) is 12.2 Å². The number of anilines is 1. The first-order chi connectivity index (χ1) is 12.4. The molecular formula is C18H19NO6S. The van der Waals surface area contributed by atoms with Crippen molar-refractivity contribution in [3.8, 4) is 0 Å². The fourth-order valence-corrected chi connectivity index (χ4v) is 3.25. The number of amides is 1. The second kappa shape index (κ2) is 8.59. The Bertz CT molecular complexity index is 825. The van der Waals surface area contributed by atoms with Gasteiger partial charge < -0.3 is 19.9 Å². The molecule has 0 aliphatic heterocycles. The Morgan fingerprint density at radius 3 is 2.35 bits per heavy atom. The summed E-state index contributed by atoms with van der Waals surface area (Å²) < 4.78 is 9.72. The number of nitrogens with one attached hydrogen (secondary N) is 1. The lowest BCUT2D eigenvalue weighted by Gasteiger charge is -2.07. The van der Waals surface area contributed by atoms with Crippen LogP contribution >= 0.6 is 11.3 Å². The van der Waals surface area contributed by atoms with E-state index in [4.69, 9.17) is 14.6 Å². The van der Waals surface area contributed by atoms with Gasteiger partial charge in [-0.15, -0.1) is 11.3 Å². The fraction of sp³-hybridized carbons (Fsp3) is 0.278. The van der Waals surface area contributed by atoms with E-state index in [0.29, 0.717) is 16.1 Å². The van der Waals surface area contributed by atoms with Gasteiger partial charge in [-0.3, -0.25) is 4.79 Å². The molecule has 0 radical (unpaired) electrons. The summed E-state index contributed by atoms with van der Waals surface area (Å²) >= 11 is 1.25. The summed E-state index contributed by atoms with van der Waals surface area (Å²) in [4.78, 5) is 36.8. The van der Waals surface area contributed by atoms with Crippen LogP contribution in [0.3, 0.4) is 0 Å². The standard InChI is InChI=1S/C18H19NO6S/c1-10-11(2)26-16(15(10)18(23)24-3)19-14(21)9-25-17(22)13-6-4-12(8-20)5-7-13/h4-7,20H,8-9H2,1-3H3,(H,19,21). The third-order valence-corrected chi connectivity index (χ3v) is 4.86. The number of benzene rings is 1. The van der Waals surface area contributed by atoms with Crippen molar-refractivity contribution in [3.63, 3.8) is 0 Å². The molecule has 8 heteroatoms. The molecular weight excluding hydrogens is 358 g/mol. The zero-order chi connectivity index (χ0) is 19.3. The minimum absolute atomic E-state index is 0.125. The molecule has 2 rings (SSSR count). The molecule has 7 nitrogen and oxygen atoms in total. The SMILES string of the molecule is COC(=O)c1c(NC(=O)COC(=O)c2ccc(CO)cc2)sc(C)c1C. The minimum Gasteiger partial charge on any atom is -0.465 e. The Hall–Kier alpha value is -2.71. The van der Waals surface area contributed by atoms with E-state index in [1.54, 1.807) is 19.1 Å². The number of methoxy groups -OCH3 is 1. The Morgan fingerprint density at radius 2 is 1.77 bits per heavy atom. The van der Waals surface area contributed by atoms with E-state index in [0.717, 1.165) is 10.4 Å². The molecule has 0 fully saturated rings. The summed E-state index contributed by atoms with van der Waals surface area (Å²) in [5.41, 5.74) is 1.97. The number of carbonyl (C=O) groups excluding carboxylic acids is 3. The highest BCUT2D eigenvalue weighted by atomic mass is 32.1.